The van der Waals surface area contributed by atoms with Crippen LogP contribution in [-0.2, 0) is 31.3 Å². The van der Waals surface area contributed by atoms with Gasteiger partial charge in [-0.25, -0.2) is 26.3 Å². The lowest BCUT2D eigenvalue weighted by molar-refractivity contribution is -0.116. The first-order chi connectivity index (χ1) is 16.5. The van der Waals surface area contributed by atoms with Crippen molar-refractivity contribution in [2.75, 3.05) is 12.4 Å². The molecule has 1 amide bonds. The Morgan fingerprint density at radius 2 is 1.49 bits per heavy atom. The van der Waals surface area contributed by atoms with Crippen LogP contribution in [0.4, 0.5) is 5.69 Å². The van der Waals surface area contributed by atoms with Gasteiger partial charge in [0.05, 0.1) is 9.79 Å². The third-order valence-electron chi connectivity index (χ3n) is 5.57. The number of carbonyl (C=O) groups is 1. The number of hydrogen-bond acceptors (Lipinski definition) is 5. The molecule has 0 fully saturated rings. The molecule has 0 aromatic heterocycles. The molecule has 0 radical (unpaired) electrons. The molecule has 3 N–H and O–H groups in total. The Morgan fingerprint density at radius 3 is 2.11 bits per heavy atom. The fraction of sp³-hybridized carbons (Fsp3) is 0.240. The van der Waals surface area contributed by atoms with E-state index in [2.05, 4.69) is 14.8 Å². The lowest BCUT2D eigenvalue weighted by Gasteiger charge is -2.15. The molecule has 0 aliphatic rings. The van der Waals surface area contributed by atoms with E-state index in [0.717, 1.165) is 16.7 Å². The van der Waals surface area contributed by atoms with Crippen LogP contribution in [0, 0.1) is 6.92 Å². The molecule has 1 unspecified atom stereocenters. The number of nitrogens with one attached hydrogen (secondary N) is 3. The number of sulfonamides is 2. The molecule has 0 saturated heterocycles. The van der Waals surface area contributed by atoms with Crippen LogP contribution >= 0.6 is 0 Å². The van der Waals surface area contributed by atoms with E-state index in [-0.39, 0.29) is 28.2 Å². The van der Waals surface area contributed by atoms with Gasteiger partial charge in [-0.05, 0) is 68.3 Å². The van der Waals surface area contributed by atoms with E-state index in [1.54, 1.807) is 32.0 Å². The normalized spacial score (nSPS) is 12.8. The summed E-state index contributed by atoms with van der Waals surface area (Å²) in [5.74, 6) is -0.276. The van der Waals surface area contributed by atoms with Crippen molar-refractivity contribution >= 4 is 31.6 Å². The molecule has 1 atom stereocenters. The van der Waals surface area contributed by atoms with Crippen LogP contribution in [0.15, 0.2) is 82.6 Å². The zero-order chi connectivity index (χ0) is 25.6. The molecule has 0 bridgehead atoms. The minimum Gasteiger partial charge on any atom is -0.326 e. The second kappa shape index (κ2) is 11.1. The summed E-state index contributed by atoms with van der Waals surface area (Å²) in [5.41, 5.74) is 2.83. The molecule has 0 aliphatic carbocycles. The Labute approximate surface area is 206 Å². The van der Waals surface area contributed by atoms with E-state index in [9.17, 15) is 21.6 Å². The van der Waals surface area contributed by atoms with Gasteiger partial charge in [0.2, 0.25) is 26.0 Å². The average Bonchev–Trinajstić information content (AvgIpc) is 2.84. The minimum absolute atomic E-state index is 0.0629. The minimum atomic E-state index is -3.70. The SMILES string of the molecule is CNS(=O)(=O)c1ccc(C)c(NC(=O)CCc2ccc(S(=O)(=O)NC(C)c3ccccc3)cc2)c1. The van der Waals surface area contributed by atoms with Crippen LogP contribution in [0.1, 0.15) is 36.1 Å². The third kappa shape index (κ3) is 6.98. The summed E-state index contributed by atoms with van der Waals surface area (Å²) in [7, 11) is -6.00. The molecule has 10 heteroatoms. The van der Waals surface area contributed by atoms with Crippen LogP contribution in [0.25, 0.3) is 0 Å². The predicted octanol–water partition coefficient (Wildman–Crippen LogP) is 3.51. The maximum absolute atomic E-state index is 12.7. The van der Waals surface area contributed by atoms with Gasteiger partial charge < -0.3 is 5.32 Å². The van der Waals surface area contributed by atoms with Crippen LogP contribution < -0.4 is 14.8 Å². The van der Waals surface area contributed by atoms with Gasteiger partial charge in [-0.2, -0.15) is 0 Å². The predicted molar refractivity (Wildman–Crippen MR) is 136 cm³/mol. The van der Waals surface area contributed by atoms with Gasteiger partial charge in [-0.15, -0.1) is 0 Å². The lowest BCUT2D eigenvalue weighted by Crippen LogP contribution is -2.26. The number of benzene rings is 3. The van der Waals surface area contributed by atoms with E-state index in [1.165, 1.54) is 31.3 Å². The van der Waals surface area contributed by atoms with E-state index in [1.807, 2.05) is 30.3 Å². The highest BCUT2D eigenvalue weighted by Gasteiger charge is 2.18. The standard InChI is InChI=1S/C25H29N3O5S2/c1-18-9-13-23(34(30,31)26-3)17-24(18)27-25(29)16-12-20-10-14-22(15-11-20)35(32,33)28-19(2)21-7-5-4-6-8-21/h4-11,13-15,17,19,26,28H,12,16H2,1-3H3,(H,27,29). The molecular formula is C25H29N3O5S2. The van der Waals surface area contributed by atoms with E-state index in [0.29, 0.717) is 12.1 Å². The zero-order valence-corrected chi connectivity index (χ0v) is 21.4. The first-order valence-corrected chi connectivity index (χ1v) is 14.0. The van der Waals surface area contributed by atoms with Crippen molar-refractivity contribution in [2.24, 2.45) is 0 Å². The van der Waals surface area contributed by atoms with Crippen LogP contribution in [0.5, 0.6) is 0 Å². The Bertz CT molecular complexity index is 1390. The molecule has 186 valence electrons. The summed E-state index contributed by atoms with van der Waals surface area (Å²) in [5, 5.41) is 2.75. The summed E-state index contributed by atoms with van der Waals surface area (Å²) < 4.78 is 54.4. The summed E-state index contributed by atoms with van der Waals surface area (Å²) in [6.07, 6.45) is 0.547. The molecule has 35 heavy (non-hydrogen) atoms. The molecule has 0 heterocycles. The van der Waals surface area contributed by atoms with Crippen molar-refractivity contribution in [3.05, 3.63) is 89.5 Å². The van der Waals surface area contributed by atoms with Gasteiger partial charge in [-0.3, -0.25) is 4.79 Å². The molecule has 8 nitrogen and oxygen atoms in total. The summed E-state index contributed by atoms with van der Waals surface area (Å²) in [4.78, 5) is 12.7. The number of aryl methyl sites for hydroxylation is 2. The average molecular weight is 516 g/mol. The molecule has 0 saturated carbocycles. The van der Waals surface area contributed by atoms with Gasteiger partial charge >= 0.3 is 0 Å². The quantitative estimate of drug-likeness (QED) is 0.382. The molecule has 3 aromatic rings. The smallest absolute Gasteiger partial charge is 0.241 e. The Balaban J connectivity index is 1.60. The molecular weight excluding hydrogens is 486 g/mol. The third-order valence-corrected chi connectivity index (χ3v) is 8.54. The van der Waals surface area contributed by atoms with Crippen LogP contribution in [-0.4, -0.2) is 29.8 Å². The largest absolute Gasteiger partial charge is 0.326 e. The summed E-state index contributed by atoms with van der Waals surface area (Å²) in [6, 6.07) is 19.8. The van der Waals surface area contributed by atoms with Crippen molar-refractivity contribution in [1.29, 1.82) is 0 Å². The molecule has 3 rings (SSSR count). The summed E-state index contributed by atoms with van der Waals surface area (Å²) in [6.45, 7) is 3.56. The van der Waals surface area contributed by atoms with Crippen molar-refractivity contribution in [3.63, 3.8) is 0 Å². The van der Waals surface area contributed by atoms with E-state index >= 15 is 0 Å². The fourth-order valence-electron chi connectivity index (χ4n) is 3.44. The van der Waals surface area contributed by atoms with Crippen LogP contribution in [0.3, 0.4) is 0 Å². The van der Waals surface area contributed by atoms with Gasteiger partial charge in [0.25, 0.3) is 0 Å². The van der Waals surface area contributed by atoms with Gasteiger partial charge in [-0.1, -0.05) is 48.5 Å². The molecule has 3 aromatic carbocycles. The Morgan fingerprint density at radius 1 is 0.857 bits per heavy atom. The number of carbonyl (C=O) groups excluding carboxylic acids is 1. The number of anilines is 1. The zero-order valence-electron chi connectivity index (χ0n) is 19.8. The van der Waals surface area contributed by atoms with Crippen molar-refractivity contribution in [3.8, 4) is 0 Å². The lowest BCUT2D eigenvalue weighted by atomic mass is 10.1. The topological polar surface area (TPSA) is 121 Å². The summed E-state index contributed by atoms with van der Waals surface area (Å²) >= 11 is 0. The first-order valence-electron chi connectivity index (χ1n) is 11.0. The second-order valence-corrected chi connectivity index (χ2v) is 11.7. The first kappa shape index (κ1) is 26.6. The maximum atomic E-state index is 12.7. The Kier molecular flexibility index (Phi) is 8.44. The van der Waals surface area contributed by atoms with Crippen molar-refractivity contribution in [1.82, 2.24) is 9.44 Å². The Hall–Kier alpha value is -3.05. The highest BCUT2D eigenvalue weighted by Crippen LogP contribution is 2.21. The van der Waals surface area contributed by atoms with Gasteiger partial charge in [0, 0.05) is 18.2 Å². The van der Waals surface area contributed by atoms with E-state index in [4.69, 9.17) is 0 Å². The van der Waals surface area contributed by atoms with Gasteiger partial charge in [0.15, 0.2) is 0 Å². The maximum Gasteiger partial charge on any atom is 0.241 e. The van der Waals surface area contributed by atoms with E-state index < -0.39 is 20.0 Å². The second-order valence-electron chi connectivity index (χ2n) is 8.13. The van der Waals surface area contributed by atoms with Gasteiger partial charge in [0.1, 0.15) is 0 Å². The number of rotatable bonds is 10. The number of amides is 1. The van der Waals surface area contributed by atoms with Crippen molar-refractivity contribution < 1.29 is 21.6 Å². The molecule has 0 aliphatic heterocycles. The molecule has 0 spiro atoms. The number of hydrogen-bond donors (Lipinski definition) is 3. The fourth-order valence-corrected chi connectivity index (χ4v) is 5.43. The monoisotopic (exact) mass is 515 g/mol. The highest BCUT2D eigenvalue weighted by atomic mass is 32.2. The highest BCUT2D eigenvalue weighted by molar-refractivity contribution is 7.89. The van der Waals surface area contributed by atoms with Crippen LogP contribution in [0.2, 0.25) is 0 Å². The van der Waals surface area contributed by atoms with Crippen molar-refractivity contribution in [2.45, 2.75) is 42.5 Å².